The Morgan fingerprint density at radius 2 is 2.00 bits per heavy atom. The number of nitrogens with one attached hydrogen (secondary N) is 3. The average Bonchev–Trinajstić information content (AvgIpc) is 3.32. The van der Waals surface area contributed by atoms with Crippen LogP contribution in [0.2, 0.25) is 0 Å². The van der Waals surface area contributed by atoms with Crippen LogP contribution in [0.4, 0.5) is 10.5 Å². The molecular formula is C19H25N5O2S. The summed E-state index contributed by atoms with van der Waals surface area (Å²) in [5, 5.41) is 12.1. The first-order valence-corrected chi connectivity index (χ1v) is 10.2. The van der Waals surface area contributed by atoms with Crippen molar-refractivity contribution >= 4 is 29.4 Å². The van der Waals surface area contributed by atoms with Gasteiger partial charge < -0.3 is 5.32 Å². The van der Waals surface area contributed by atoms with Gasteiger partial charge in [-0.1, -0.05) is 55.6 Å². The maximum atomic E-state index is 12.2. The number of benzene rings is 1. The number of aryl methyl sites for hydroxylation is 1. The van der Waals surface area contributed by atoms with Gasteiger partial charge in [-0.3, -0.25) is 15.2 Å². The van der Waals surface area contributed by atoms with E-state index in [2.05, 4.69) is 25.8 Å². The molecule has 0 bridgehead atoms. The Hall–Kier alpha value is -2.35. The minimum atomic E-state index is -0.550. The smallest absolute Gasteiger partial charge is 0.308 e. The molecule has 1 aromatic heterocycles. The third-order valence-corrected chi connectivity index (χ3v) is 5.66. The molecule has 1 unspecified atom stereocenters. The molecule has 1 fully saturated rings. The average molecular weight is 388 g/mol. The summed E-state index contributed by atoms with van der Waals surface area (Å²) in [7, 11) is 0. The number of carbonyl (C=O) groups is 2. The Morgan fingerprint density at radius 3 is 2.74 bits per heavy atom. The van der Waals surface area contributed by atoms with Crippen molar-refractivity contribution in [3.05, 3.63) is 36.2 Å². The second-order valence-corrected chi connectivity index (χ2v) is 8.13. The summed E-state index contributed by atoms with van der Waals surface area (Å²) < 4.78 is 0. The van der Waals surface area contributed by atoms with Crippen LogP contribution in [0.3, 0.4) is 0 Å². The number of para-hydroxylation sites is 1. The van der Waals surface area contributed by atoms with Crippen molar-refractivity contribution < 1.29 is 9.59 Å². The lowest BCUT2D eigenvalue weighted by Gasteiger charge is -2.10. The Bertz CT molecular complexity index is 758. The number of carbonyl (C=O) groups excluding carboxylic acids is 2. The van der Waals surface area contributed by atoms with E-state index in [0.29, 0.717) is 10.8 Å². The molecule has 3 rings (SSSR count). The molecule has 1 aromatic carbocycles. The van der Waals surface area contributed by atoms with Crippen LogP contribution < -0.4 is 10.6 Å². The zero-order chi connectivity index (χ0) is 19.1. The van der Waals surface area contributed by atoms with Gasteiger partial charge in [-0.25, -0.2) is 9.78 Å². The molecule has 0 saturated heterocycles. The number of hydrogen-bond donors (Lipinski definition) is 3. The third-order valence-electron chi connectivity index (χ3n) is 4.70. The van der Waals surface area contributed by atoms with Crippen molar-refractivity contribution in [3.63, 3.8) is 0 Å². The fourth-order valence-electron chi connectivity index (χ4n) is 3.19. The largest absolute Gasteiger partial charge is 0.325 e. The van der Waals surface area contributed by atoms with Crippen molar-refractivity contribution in [1.29, 1.82) is 0 Å². The number of aromatic nitrogens is 3. The van der Waals surface area contributed by atoms with Crippen LogP contribution in [-0.4, -0.2) is 32.4 Å². The lowest BCUT2D eigenvalue weighted by molar-refractivity contribution is -0.119. The minimum Gasteiger partial charge on any atom is -0.308 e. The number of thioether (sulfide) groups is 1. The Labute approximate surface area is 163 Å². The van der Waals surface area contributed by atoms with Crippen molar-refractivity contribution in [2.75, 3.05) is 5.32 Å². The van der Waals surface area contributed by atoms with Crippen molar-refractivity contribution in [3.8, 4) is 0 Å². The van der Waals surface area contributed by atoms with E-state index in [0.717, 1.165) is 24.6 Å². The van der Waals surface area contributed by atoms with Gasteiger partial charge in [-0.15, -0.1) is 5.10 Å². The number of aromatic amines is 1. The molecular weight excluding hydrogens is 362 g/mol. The fraction of sp³-hybridized carbons (Fsp3) is 0.474. The van der Waals surface area contributed by atoms with E-state index >= 15 is 0 Å². The van der Waals surface area contributed by atoms with Crippen LogP contribution in [0.15, 0.2) is 35.5 Å². The Balaban J connectivity index is 1.43. The maximum absolute atomic E-state index is 12.2. The number of anilines is 1. The third kappa shape index (κ3) is 6.09. The molecule has 0 spiro atoms. The number of urea groups is 1. The molecule has 0 aliphatic heterocycles. The van der Waals surface area contributed by atoms with E-state index in [4.69, 9.17) is 0 Å². The minimum absolute atomic E-state index is 0.384. The first-order chi connectivity index (χ1) is 13.1. The molecule has 1 aliphatic carbocycles. The standard InChI is InChI=1S/C19H25N5O2S/c1-13(17(25)22-18(26)20-15-9-3-2-4-10-15)27-19-21-16(23-24-19)12-11-14-7-5-6-8-14/h2-4,9-10,13-14H,5-8,11-12H2,1H3,(H,21,23,24)(H2,20,22,25,26). The molecule has 1 heterocycles. The molecule has 1 saturated carbocycles. The van der Waals surface area contributed by atoms with Gasteiger partial charge >= 0.3 is 6.03 Å². The van der Waals surface area contributed by atoms with Crippen LogP contribution >= 0.6 is 11.8 Å². The van der Waals surface area contributed by atoms with Crippen molar-refractivity contribution in [1.82, 2.24) is 20.5 Å². The molecule has 144 valence electrons. The molecule has 8 heteroatoms. The van der Waals surface area contributed by atoms with Gasteiger partial charge in [0.05, 0.1) is 5.25 Å². The number of amides is 3. The summed E-state index contributed by atoms with van der Waals surface area (Å²) >= 11 is 1.23. The molecule has 7 nitrogen and oxygen atoms in total. The lowest BCUT2D eigenvalue weighted by atomic mass is 10.0. The van der Waals surface area contributed by atoms with Gasteiger partial charge in [-0.2, -0.15) is 0 Å². The van der Waals surface area contributed by atoms with E-state index in [1.165, 1.54) is 37.4 Å². The van der Waals surface area contributed by atoms with Gasteiger partial charge in [0, 0.05) is 12.1 Å². The van der Waals surface area contributed by atoms with Crippen molar-refractivity contribution in [2.45, 2.75) is 55.9 Å². The molecule has 27 heavy (non-hydrogen) atoms. The fourth-order valence-corrected chi connectivity index (χ4v) is 3.93. The first kappa shape index (κ1) is 19.4. The number of rotatable bonds is 7. The molecule has 3 N–H and O–H groups in total. The highest BCUT2D eigenvalue weighted by Gasteiger charge is 2.20. The van der Waals surface area contributed by atoms with Gasteiger partial charge in [0.15, 0.2) is 0 Å². The van der Waals surface area contributed by atoms with E-state index in [1.54, 1.807) is 19.1 Å². The Kier molecular flexibility index (Phi) is 6.86. The maximum Gasteiger partial charge on any atom is 0.325 e. The van der Waals surface area contributed by atoms with Crippen LogP contribution in [0.5, 0.6) is 0 Å². The molecule has 1 aliphatic rings. The highest BCUT2D eigenvalue weighted by molar-refractivity contribution is 8.00. The summed E-state index contributed by atoms with van der Waals surface area (Å²) in [6, 6.07) is 8.43. The van der Waals surface area contributed by atoms with E-state index in [-0.39, 0.29) is 5.91 Å². The highest BCUT2D eigenvalue weighted by atomic mass is 32.2. The molecule has 2 aromatic rings. The molecule has 0 radical (unpaired) electrons. The van der Waals surface area contributed by atoms with E-state index in [9.17, 15) is 9.59 Å². The highest BCUT2D eigenvalue weighted by Crippen LogP contribution is 2.28. The van der Waals surface area contributed by atoms with E-state index in [1.807, 2.05) is 18.2 Å². The predicted octanol–water partition coefficient (Wildman–Crippen LogP) is 3.76. The summed E-state index contributed by atoms with van der Waals surface area (Å²) in [4.78, 5) is 28.6. The second kappa shape index (κ2) is 9.55. The quantitative estimate of drug-likeness (QED) is 0.628. The summed E-state index contributed by atoms with van der Waals surface area (Å²) in [5.41, 5.74) is 0.629. The number of imide groups is 1. The van der Waals surface area contributed by atoms with Crippen molar-refractivity contribution in [2.24, 2.45) is 5.92 Å². The first-order valence-electron chi connectivity index (χ1n) is 9.35. The number of hydrogen-bond acceptors (Lipinski definition) is 5. The SMILES string of the molecule is CC(Sc1n[nH]c(CCC2CCCC2)n1)C(=O)NC(=O)Nc1ccccc1. The summed E-state index contributed by atoms with van der Waals surface area (Å²) in [5.74, 6) is 1.28. The van der Waals surface area contributed by atoms with Crippen LogP contribution in [0, 0.1) is 5.92 Å². The second-order valence-electron chi connectivity index (χ2n) is 6.82. The normalized spacial score (nSPS) is 15.4. The predicted molar refractivity (Wildman–Crippen MR) is 106 cm³/mol. The zero-order valence-corrected chi connectivity index (χ0v) is 16.2. The van der Waals surface area contributed by atoms with Gasteiger partial charge in [0.2, 0.25) is 11.1 Å². The zero-order valence-electron chi connectivity index (χ0n) is 15.4. The van der Waals surface area contributed by atoms with Crippen LogP contribution in [0.25, 0.3) is 0 Å². The summed E-state index contributed by atoms with van der Waals surface area (Å²) in [6.07, 6.45) is 7.34. The molecule has 3 amide bonds. The monoisotopic (exact) mass is 387 g/mol. The van der Waals surface area contributed by atoms with Gasteiger partial charge in [0.1, 0.15) is 5.82 Å². The van der Waals surface area contributed by atoms with Crippen LogP contribution in [-0.2, 0) is 11.2 Å². The number of H-pyrrole nitrogens is 1. The van der Waals surface area contributed by atoms with E-state index < -0.39 is 11.3 Å². The van der Waals surface area contributed by atoms with Gasteiger partial charge in [-0.05, 0) is 31.4 Å². The number of nitrogens with zero attached hydrogens (tertiary/aromatic N) is 2. The van der Waals surface area contributed by atoms with Gasteiger partial charge in [0.25, 0.3) is 0 Å². The lowest BCUT2D eigenvalue weighted by Crippen LogP contribution is -2.38. The van der Waals surface area contributed by atoms with Crippen LogP contribution in [0.1, 0.15) is 44.9 Å². The Morgan fingerprint density at radius 1 is 1.26 bits per heavy atom. The topological polar surface area (TPSA) is 99.8 Å². The summed E-state index contributed by atoms with van der Waals surface area (Å²) in [6.45, 7) is 1.73. The molecule has 1 atom stereocenters.